The molecule has 1 aromatic rings. The quantitative estimate of drug-likeness (QED) is 0.824. The van der Waals surface area contributed by atoms with E-state index in [4.69, 9.17) is 17.3 Å². The van der Waals surface area contributed by atoms with Crippen LogP contribution in [0.25, 0.3) is 0 Å². The van der Waals surface area contributed by atoms with Crippen molar-refractivity contribution < 1.29 is 13.2 Å². The summed E-state index contributed by atoms with van der Waals surface area (Å²) in [5.41, 5.74) is 5.40. The number of hydrogen-bond acceptors (Lipinski definition) is 3. The zero-order valence-electron chi connectivity index (χ0n) is 8.53. The van der Waals surface area contributed by atoms with E-state index in [0.717, 1.165) is 0 Å². The van der Waals surface area contributed by atoms with Crippen LogP contribution in [0.2, 0.25) is 5.02 Å². The molecule has 0 spiro atoms. The lowest BCUT2D eigenvalue weighted by Gasteiger charge is -2.08. The second kappa shape index (κ2) is 4.82. The number of hydrogen-bond donors (Lipinski definition) is 2. The molecule has 88 valence electrons. The average molecular weight is 263 g/mol. The van der Waals surface area contributed by atoms with Gasteiger partial charge in [0.15, 0.2) is 0 Å². The van der Waals surface area contributed by atoms with Gasteiger partial charge in [0, 0.05) is 5.02 Å². The minimum Gasteiger partial charge on any atom is -0.369 e. The number of carbonyl (C=O) groups is 1. The van der Waals surface area contributed by atoms with Gasteiger partial charge in [-0.2, -0.15) is 0 Å². The minimum atomic E-state index is -3.74. The maximum Gasteiger partial charge on any atom is 0.241 e. The first-order valence-corrected chi connectivity index (χ1v) is 6.23. The molecule has 0 saturated carbocycles. The molecular weight excluding hydrogens is 252 g/mol. The Bertz CT molecular complexity index is 513. The fourth-order valence-electron chi connectivity index (χ4n) is 1.11. The van der Waals surface area contributed by atoms with Crippen LogP contribution in [0.15, 0.2) is 23.1 Å². The van der Waals surface area contributed by atoms with Gasteiger partial charge >= 0.3 is 0 Å². The first kappa shape index (κ1) is 13.0. The Morgan fingerprint density at radius 2 is 2.12 bits per heavy atom. The highest BCUT2D eigenvalue weighted by molar-refractivity contribution is 7.89. The Hall–Kier alpha value is -1.11. The molecule has 0 aromatic heterocycles. The largest absolute Gasteiger partial charge is 0.369 e. The van der Waals surface area contributed by atoms with Gasteiger partial charge in [0.05, 0.1) is 11.4 Å². The van der Waals surface area contributed by atoms with Crippen molar-refractivity contribution in [3.63, 3.8) is 0 Å². The summed E-state index contributed by atoms with van der Waals surface area (Å²) >= 11 is 5.70. The third-order valence-electron chi connectivity index (χ3n) is 1.88. The molecule has 3 N–H and O–H groups in total. The summed E-state index contributed by atoms with van der Waals surface area (Å²) in [5.74, 6) is -0.747. The topological polar surface area (TPSA) is 89.3 Å². The second-order valence-corrected chi connectivity index (χ2v) is 5.37. The predicted molar refractivity (Wildman–Crippen MR) is 60.6 cm³/mol. The van der Waals surface area contributed by atoms with Gasteiger partial charge in [-0.3, -0.25) is 4.79 Å². The van der Waals surface area contributed by atoms with Crippen LogP contribution in [-0.2, 0) is 14.8 Å². The van der Waals surface area contributed by atoms with Crippen molar-refractivity contribution in [1.82, 2.24) is 4.72 Å². The Morgan fingerprint density at radius 3 is 2.69 bits per heavy atom. The molecule has 0 atom stereocenters. The number of halogens is 1. The number of rotatable bonds is 4. The Morgan fingerprint density at radius 1 is 1.50 bits per heavy atom. The van der Waals surface area contributed by atoms with Crippen molar-refractivity contribution in [1.29, 1.82) is 0 Å². The van der Waals surface area contributed by atoms with Gasteiger partial charge in [0.2, 0.25) is 15.9 Å². The fourth-order valence-corrected chi connectivity index (χ4v) is 2.61. The van der Waals surface area contributed by atoms with E-state index in [-0.39, 0.29) is 4.90 Å². The summed E-state index contributed by atoms with van der Waals surface area (Å²) in [6.07, 6.45) is 0. The molecule has 0 fully saturated rings. The van der Waals surface area contributed by atoms with E-state index in [1.165, 1.54) is 6.07 Å². The fraction of sp³-hybridized carbons (Fsp3) is 0.222. The van der Waals surface area contributed by atoms with E-state index in [2.05, 4.69) is 4.72 Å². The summed E-state index contributed by atoms with van der Waals surface area (Å²) in [7, 11) is -3.74. The second-order valence-electron chi connectivity index (χ2n) is 3.20. The van der Waals surface area contributed by atoms with Crippen LogP contribution in [0.1, 0.15) is 5.56 Å². The monoisotopic (exact) mass is 262 g/mol. The number of primary amides is 1. The zero-order valence-corrected chi connectivity index (χ0v) is 10.1. The van der Waals surface area contributed by atoms with Crippen molar-refractivity contribution in [3.8, 4) is 0 Å². The number of nitrogens with two attached hydrogens (primary N) is 1. The molecule has 0 aliphatic carbocycles. The normalized spacial score (nSPS) is 11.4. The van der Waals surface area contributed by atoms with Gasteiger partial charge < -0.3 is 5.73 Å². The van der Waals surface area contributed by atoms with Gasteiger partial charge in [-0.05, 0) is 24.6 Å². The highest BCUT2D eigenvalue weighted by atomic mass is 35.5. The maximum atomic E-state index is 11.7. The third-order valence-corrected chi connectivity index (χ3v) is 3.65. The first-order chi connectivity index (χ1) is 7.33. The first-order valence-electron chi connectivity index (χ1n) is 4.37. The van der Waals surface area contributed by atoms with Crippen LogP contribution in [0.3, 0.4) is 0 Å². The molecule has 5 nitrogen and oxygen atoms in total. The summed E-state index contributed by atoms with van der Waals surface area (Å²) < 4.78 is 25.5. The van der Waals surface area contributed by atoms with E-state index in [0.29, 0.717) is 10.6 Å². The van der Waals surface area contributed by atoms with Crippen molar-refractivity contribution >= 4 is 27.5 Å². The zero-order chi connectivity index (χ0) is 12.3. The Kier molecular flexibility index (Phi) is 3.90. The molecule has 1 aromatic carbocycles. The molecule has 7 heteroatoms. The van der Waals surface area contributed by atoms with E-state index in [9.17, 15) is 13.2 Å². The molecule has 16 heavy (non-hydrogen) atoms. The van der Waals surface area contributed by atoms with E-state index in [1.54, 1.807) is 19.1 Å². The number of aryl methyl sites for hydroxylation is 1. The van der Waals surface area contributed by atoms with Gasteiger partial charge in [0.25, 0.3) is 0 Å². The Balaban J connectivity index is 3.07. The van der Waals surface area contributed by atoms with Crippen molar-refractivity contribution in [2.45, 2.75) is 11.8 Å². The van der Waals surface area contributed by atoms with Gasteiger partial charge in [-0.15, -0.1) is 0 Å². The number of carbonyl (C=O) groups excluding carboxylic acids is 1. The summed E-state index contributed by atoms with van der Waals surface area (Å²) in [5, 5.41) is 0.310. The lowest BCUT2D eigenvalue weighted by molar-refractivity contribution is -0.116. The number of nitrogens with one attached hydrogen (secondary N) is 1. The number of sulfonamides is 1. The molecule has 1 rings (SSSR count). The van der Waals surface area contributed by atoms with Crippen LogP contribution in [0.5, 0.6) is 0 Å². The standard InChI is InChI=1S/C9H11ClN2O3S/c1-6-2-3-7(10)4-8(6)16(14,15)12-5-9(11)13/h2-4,12H,5H2,1H3,(H2,11,13). The molecular formula is C9H11ClN2O3S. The van der Waals surface area contributed by atoms with Crippen LogP contribution in [0, 0.1) is 6.92 Å². The molecule has 0 aliphatic rings. The molecule has 0 saturated heterocycles. The van der Waals surface area contributed by atoms with Crippen LogP contribution < -0.4 is 10.5 Å². The maximum absolute atomic E-state index is 11.7. The van der Waals surface area contributed by atoms with Gasteiger partial charge in [-0.25, -0.2) is 13.1 Å². The van der Waals surface area contributed by atoms with Crippen molar-refractivity contribution in [2.24, 2.45) is 5.73 Å². The van der Waals surface area contributed by atoms with E-state index >= 15 is 0 Å². The SMILES string of the molecule is Cc1ccc(Cl)cc1S(=O)(=O)NCC(N)=O. The van der Waals surface area contributed by atoms with Crippen LogP contribution in [-0.4, -0.2) is 20.9 Å². The lowest BCUT2D eigenvalue weighted by Crippen LogP contribution is -2.33. The highest BCUT2D eigenvalue weighted by Gasteiger charge is 2.17. The van der Waals surface area contributed by atoms with Crippen molar-refractivity contribution in [3.05, 3.63) is 28.8 Å². The predicted octanol–water partition coefficient (Wildman–Crippen LogP) is 0.412. The molecule has 0 bridgehead atoms. The van der Waals surface area contributed by atoms with Crippen LogP contribution >= 0.6 is 11.6 Å². The highest BCUT2D eigenvalue weighted by Crippen LogP contribution is 2.19. The summed E-state index contributed by atoms with van der Waals surface area (Å²) in [6, 6.07) is 4.49. The third kappa shape index (κ3) is 3.19. The number of amides is 1. The summed E-state index contributed by atoms with van der Waals surface area (Å²) in [4.78, 5) is 10.5. The van der Waals surface area contributed by atoms with Gasteiger partial charge in [-0.1, -0.05) is 17.7 Å². The minimum absolute atomic E-state index is 0.0428. The van der Waals surface area contributed by atoms with Crippen LogP contribution in [0.4, 0.5) is 0 Å². The molecule has 1 amide bonds. The molecule has 0 aliphatic heterocycles. The van der Waals surface area contributed by atoms with E-state index < -0.39 is 22.5 Å². The van der Waals surface area contributed by atoms with Crippen molar-refractivity contribution in [2.75, 3.05) is 6.54 Å². The van der Waals surface area contributed by atoms with E-state index in [1.807, 2.05) is 0 Å². The Labute approximate surface area is 98.6 Å². The summed E-state index contributed by atoms with van der Waals surface area (Å²) in [6.45, 7) is 1.20. The van der Waals surface area contributed by atoms with Gasteiger partial charge in [0.1, 0.15) is 0 Å². The smallest absolute Gasteiger partial charge is 0.241 e. The molecule has 0 heterocycles. The average Bonchev–Trinajstić information content (AvgIpc) is 2.19. The lowest BCUT2D eigenvalue weighted by atomic mass is 10.2. The molecule has 0 unspecified atom stereocenters. The number of benzene rings is 1. The molecule has 0 radical (unpaired) electrons.